The van der Waals surface area contributed by atoms with Gasteiger partial charge >= 0.3 is 6.03 Å². The number of hydrogen-bond acceptors (Lipinski definition) is 6. The van der Waals surface area contributed by atoms with Crippen LogP contribution >= 0.6 is 0 Å². The molecule has 1 saturated heterocycles. The molecule has 9 heteroatoms. The van der Waals surface area contributed by atoms with Crippen molar-refractivity contribution in [1.29, 1.82) is 0 Å². The predicted octanol–water partition coefficient (Wildman–Crippen LogP) is 2.40. The standard InChI is InChI=1S/C19H25N5O4/c1-12-7-6-9-15(27-3)17(12)22-19(26)21-14-8-4-5-10-24(18(14)25)11-16-20-13(2)23-28-16/h6-7,9,14H,4-5,8,10-11H2,1-3H3,(H2,21,22,26). The second kappa shape index (κ2) is 8.73. The van der Waals surface area contributed by atoms with Gasteiger partial charge in [-0.2, -0.15) is 4.98 Å². The molecule has 0 aliphatic carbocycles. The van der Waals surface area contributed by atoms with Crippen LogP contribution in [0.15, 0.2) is 22.7 Å². The van der Waals surface area contributed by atoms with Gasteiger partial charge in [0.15, 0.2) is 5.82 Å². The van der Waals surface area contributed by atoms with Crippen LogP contribution in [0.2, 0.25) is 0 Å². The third-order valence-corrected chi connectivity index (χ3v) is 4.67. The number of ether oxygens (including phenoxy) is 1. The van der Waals surface area contributed by atoms with Crippen LogP contribution in [-0.4, -0.2) is 46.7 Å². The zero-order valence-electron chi connectivity index (χ0n) is 16.3. The molecular weight excluding hydrogens is 362 g/mol. The Kier molecular flexibility index (Phi) is 6.13. The minimum atomic E-state index is -0.610. The number of aromatic nitrogens is 2. The van der Waals surface area contributed by atoms with E-state index in [-0.39, 0.29) is 12.5 Å². The number of aryl methyl sites for hydroxylation is 2. The molecular formula is C19H25N5O4. The van der Waals surface area contributed by atoms with Crippen molar-refractivity contribution in [2.45, 2.75) is 45.7 Å². The lowest BCUT2D eigenvalue weighted by Gasteiger charge is -2.24. The summed E-state index contributed by atoms with van der Waals surface area (Å²) in [6.07, 6.45) is 2.27. The van der Waals surface area contributed by atoms with E-state index >= 15 is 0 Å². The molecule has 3 rings (SSSR count). The van der Waals surface area contributed by atoms with Gasteiger partial charge in [0.2, 0.25) is 11.8 Å². The summed E-state index contributed by atoms with van der Waals surface area (Å²) in [7, 11) is 1.55. The first-order valence-electron chi connectivity index (χ1n) is 9.27. The molecule has 9 nitrogen and oxygen atoms in total. The quantitative estimate of drug-likeness (QED) is 0.815. The normalized spacial score (nSPS) is 17.2. The number of methoxy groups -OCH3 is 1. The number of nitrogens with one attached hydrogen (secondary N) is 2. The number of anilines is 1. The SMILES string of the molecule is COc1cccc(C)c1NC(=O)NC1CCCCN(Cc2nc(C)no2)C1=O. The van der Waals surface area contributed by atoms with Gasteiger partial charge in [0.25, 0.3) is 0 Å². The van der Waals surface area contributed by atoms with Crippen molar-refractivity contribution >= 4 is 17.6 Å². The van der Waals surface area contributed by atoms with E-state index in [1.54, 1.807) is 25.0 Å². The van der Waals surface area contributed by atoms with E-state index in [0.717, 1.165) is 18.4 Å². The fourth-order valence-electron chi connectivity index (χ4n) is 3.24. The van der Waals surface area contributed by atoms with Gasteiger partial charge < -0.3 is 24.8 Å². The molecule has 1 unspecified atom stereocenters. The van der Waals surface area contributed by atoms with E-state index in [2.05, 4.69) is 20.8 Å². The van der Waals surface area contributed by atoms with Crippen LogP contribution in [0.4, 0.5) is 10.5 Å². The van der Waals surface area contributed by atoms with E-state index in [9.17, 15) is 9.59 Å². The van der Waals surface area contributed by atoms with Crippen molar-refractivity contribution in [2.24, 2.45) is 0 Å². The van der Waals surface area contributed by atoms with Crippen molar-refractivity contribution < 1.29 is 18.8 Å². The predicted molar refractivity (Wildman–Crippen MR) is 102 cm³/mol. The van der Waals surface area contributed by atoms with E-state index in [0.29, 0.717) is 36.1 Å². The fourth-order valence-corrected chi connectivity index (χ4v) is 3.24. The molecule has 1 aromatic carbocycles. The molecule has 0 radical (unpaired) electrons. The Bertz CT molecular complexity index is 851. The van der Waals surface area contributed by atoms with Crippen molar-refractivity contribution in [1.82, 2.24) is 20.4 Å². The monoisotopic (exact) mass is 387 g/mol. The van der Waals surface area contributed by atoms with Gasteiger partial charge in [-0.1, -0.05) is 17.3 Å². The van der Waals surface area contributed by atoms with Crippen LogP contribution in [0.1, 0.15) is 36.5 Å². The third kappa shape index (κ3) is 4.59. The van der Waals surface area contributed by atoms with E-state index in [1.807, 2.05) is 19.1 Å². The van der Waals surface area contributed by atoms with Crippen molar-refractivity contribution in [3.63, 3.8) is 0 Å². The van der Waals surface area contributed by atoms with Crippen LogP contribution in [0.3, 0.4) is 0 Å². The molecule has 1 aliphatic rings. The number of benzene rings is 1. The highest BCUT2D eigenvalue weighted by atomic mass is 16.5. The highest BCUT2D eigenvalue weighted by molar-refractivity contribution is 5.95. The van der Waals surface area contributed by atoms with E-state index in [1.165, 1.54) is 0 Å². The van der Waals surface area contributed by atoms with Gasteiger partial charge in [-0.15, -0.1) is 0 Å². The molecule has 0 bridgehead atoms. The van der Waals surface area contributed by atoms with Gasteiger partial charge in [-0.3, -0.25) is 4.79 Å². The second-order valence-electron chi connectivity index (χ2n) is 6.79. The molecule has 1 atom stereocenters. The number of nitrogens with zero attached hydrogens (tertiary/aromatic N) is 3. The van der Waals surface area contributed by atoms with Gasteiger partial charge in [-0.25, -0.2) is 4.79 Å². The number of carbonyl (C=O) groups is 2. The maximum absolute atomic E-state index is 12.9. The summed E-state index contributed by atoms with van der Waals surface area (Å²) in [5, 5.41) is 9.35. The number of para-hydroxylation sites is 1. The molecule has 150 valence electrons. The van der Waals surface area contributed by atoms with E-state index in [4.69, 9.17) is 9.26 Å². The van der Waals surface area contributed by atoms with Crippen molar-refractivity contribution in [3.05, 3.63) is 35.5 Å². The summed E-state index contributed by atoms with van der Waals surface area (Å²) in [5.74, 6) is 1.33. The molecule has 28 heavy (non-hydrogen) atoms. The Labute approximate surface area is 163 Å². The van der Waals surface area contributed by atoms with E-state index < -0.39 is 12.1 Å². The maximum atomic E-state index is 12.9. The minimum absolute atomic E-state index is 0.153. The summed E-state index contributed by atoms with van der Waals surface area (Å²) in [6.45, 7) is 4.44. The lowest BCUT2D eigenvalue weighted by molar-refractivity contribution is -0.133. The number of likely N-dealkylation sites (tertiary alicyclic amines) is 1. The maximum Gasteiger partial charge on any atom is 0.320 e. The lowest BCUT2D eigenvalue weighted by atomic mass is 10.1. The Morgan fingerprint density at radius 1 is 1.36 bits per heavy atom. The molecule has 2 aromatic rings. The molecule has 2 heterocycles. The molecule has 1 aromatic heterocycles. The summed E-state index contributed by atoms with van der Waals surface area (Å²) in [4.78, 5) is 31.2. The zero-order chi connectivity index (χ0) is 20.1. The number of rotatable bonds is 5. The number of hydrogen-bond donors (Lipinski definition) is 2. The van der Waals surface area contributed by atoms with Gasteiger partial charge in [0.05, 0.1) is 12.8 Å². The topological polar surface area (TPSA) is 110 Å². The fraction of sp³-hybridized carbons (Fsp3) is 0.474. The number of urea groups is 1. The smallest absolute Gasteiger partial charge is 0.320 e. The molecule has 1 aliphatic heterocycles. The molecule has 3 amide bonds. The zero-order valence-corrected chi connectivity index (χ0v) is 16.3. The minimum Gasteiger partial charge on any atom is -0.495 e. The van der Waals surface area contributed by atoms with Crippen LogP contribution in [0.5, 0.6) is 5.75 Å². The average molecular weight is 387 g/mol. The second-order valence-corrected chi connectivity index (χ2v) is 6.79. The van der Waals surface area contributed by atoms with Crippen molar-refractivity contribution in [3.8, 4) is 5.75 Å². The average Bonchev–Trinajstić information content (AvgIpc) is 3.01. The number of carbonyl (C=O) groups excluding carboxylic acids is 2. The number of amides is 3. The van der Waals surface area contributed by atoms with Crippen LogP contribution in [0, 0.1) is 13.8 Å². The molecule has 0 spiro atoms. The first kappa shape index (κ1) is 19.7. The Hall–Kier alpha value is -3.10. The highest BCUT2D eigenvalue weighted by Crippen LogP contribution is 2.27. The lowest BCUT2D eigenvalue weighted by Crippen LogP contribution is -2.48. The largest absolute Gasteiger partial charge is 0.495 e. The molecule has 2 N–H and O–H groups in total. The van der Waals surface area contributed by atoms with Crippen LogP contribution in [0.25, 0.3) is 0 Å². The van der Waals surface area contributed by atoms with Gasteiger partial charge in [0.1, 0.15) is 18.3 Å². The summed E-state index contributed by atoms with van der Waals surface area (Å²) >= 11 is 0. The molecule has 1 fully saturated rings. The first-order valence-corrected chi connectivity index (χ1v) is 9.27. The third-order valence-electron chi connectivity index (χ3n) is 4.67. The Morgan fingerprint density at radius 3 is 2.89 bits per heavy atom. The van der Waals surface area contributed by atoms with Crippen LogP contribution < -0.4 is 15.4 Å². The summed E-state index contributed by atoms with van der Waals surface area (Å²) in [6, 6.07) is 4.45. The summed E-state index contributed by atoms with van der Waals surface area (Å²) in [5.41, 5.74) is 1.46. The summed E-state index contributed by atoms with van der Waals surface area (Å²) < 4.78 is 10.4. The Balaban J connectivity index is 1.66. The van der Waals surface area contributed by atoms with Gasteiger partial charge in [-0.05, 0) is 44.7 Å². The molecule has 0 saturated carbocycles. The highest BCUT2D eigenvalue weighted by Gasteiger charge is 2.29. The van der Waals surface area contributed by atoms with Crippen LogP contribution in [-0.2, 0) is 11.3 Å². The Morgan fingerprint density at radius 2 is 2.18 bits per heavy atom. The first-order chi connectivity index (χ1) is 13.5. The van der Waals surface area contributed by atoms with Gasteiger partial charge in [0, 0.05) is 6.54 Å². The van der Waals surface area contributed by atoms with Crippen molar-refractivity contribution in [2.75, 3.05) is 19.0 Å².